The quantitative estimate of drug-likeness (QED) is 0.337. The minimum atomic E-state index is -0.746. The molecule has 3 atom stereocenters. The van der Waals surface area contributed by atoms with Crippen LogP contribution in [0, 0.1) is 31.0 Å². The van der Waals surface area contributed by atoms with Crippen LogP contribution in [0.5, 0.6) is 5.88 Å². The number of hydrogen-bond donors (Lipinski definition) is 2. The number of aliphatic hydroxyl groups is 1. The molecule has 0 amide bonds. The standard InChI is InChI=1S/C32H36FNO4/c1-18-11-20(7-6-10-31(3,4)37)12-19(2)27(18)21-8-9-25(33)23(13-21)17-38-26-14-22-15-32(5)28(24(22)16-34-26)29(32)30(35)36/h8-9,11-14,16,28-29,37H,6-7,10,15,17H2,1-5H3,(H,35,36). The zero-order chi connectivity index (χ0) is 27.4. The Morgan fingerprint density at radius 3 is 2.55 bits per heavy atom. The van der Waals surface area contributed by atoms with Crippen LogP contribution in [0.25, 0.3) is 11.1 Å². The molecule has 3 unspecified atom stereocenters. The number of nitrogens with zero attached hydrogens (tertiary/aromatic N) is 1. The summed E-state index contributed by atoms with van der Waals surface area (Å²) in [7, 11) is 0. The van der Waals surface area contributed by atoms with E-state index in [0.717, 1.165) is 52.6 Å². The first-order valence-electron chi connectivity index (χ1n) is 13.3. The molecule has 38 heavy (non-hydrogen) atoms. The fraction of sp³-hybridized carbons (Fsp3) is 0.438. The van der Waals surface area contributed by atoms with Crippen LogP contribution in [0.1, 0.15) is 72.9 Å². The summed E-state index contributed by atoms with van der Waals surface area (Å²) in [5.74, 6) is -0.969. The first-order chi connectivity index (χ1) is 17.9. The van der Waals surface area contributed by atoms with Crippen molar-refractivity contribution in [2.24, 2.45) is 11.3 Å². The zero-order valence-electron chi connectivity index (χ0n) is 22.8. The molecule has 1 aromatic heterocycles. The monoisotopic (exact) mass is 517 g/mol. The minimum Gasteiger partial charge on any atom is -0.481 e. The Hall–Kier alpha value is -3.25. The van der Waals surface area contributed by atoms with Crippen molar-refractivity contribution in [3.8, 4) is 17.0 Å². The Kier molecular flexibility index (Phi) is 6.59. The highest BCUT2D eigenvalue weighted by Gasteiger charge is 2.69. The van der Waals surface area contributed by atoms with Crippen LogP contribution in [0.2, 0.25) is 0 Å². The van der Waals surface area contributed by atoms with Gasteiger partial charge in [0.1, 0.15) is 12.4 Å². The molecule has 2 aliphatic carbocycles. The summed E-state index contributed by atoms with van der Waals surface area (Å²) in [4.78, 5) is 15.9. The molecule has 0 bridgehead atoms. The fourth-order valence-corrected chi connectivity index (χ4v) is 6.52. The Morgan fingerprint density at radius 2 is 1.89 bits per heavy atom. The number of aliphatic carboxylic acids is 1. The summed E-state index contributed by atoms with van der Waals surface area (Å²) < 4.78 is 20.7. The molecule has 1 saturated carbocycles. The lowest BCUT2D eigenvalue weighted by molar-refractivity contribution is -0.139. The normalized spacial score (nSPS) is 21.7. The second-order valence-electron chi connectivity index (χ2n) is 12.1. The number of benzene rings is 2. The summed E-state index contributed by atoms with van der Waals surface area (Å²) in [5.41, 5.74) is 7.16. The highest BCUT2D eigenvalue weighted by molar-refractivity contribution is 5.79. The second-order valence-corrected chi connectivity index (χ2v) is 12.1. The Labute approximate surface area is 223 Å². The summed E-state index contributed by atoms with van der Waals surface area (Å²) >= 11 is 0. The number of aromatic nitrogens is 1. The van der Waals surface area contributed by atoms with Crippen LogP contribution in [0.4, 0.5) is 4.39 Å². The molecule has 1 heterocycles. The molecule has 5 nitrogen and oxygen atoms in total. The Bertz CT molecular complexity index is 1390. The van der Waals surface area contributed by atoms with Gasteiger partial charge >= 0.3 is 5.97 Å². The maximum atomic E-state index is 14.8. The van der Waals surface area contributed by atoms with Crippen molar-refractivity contribution in [2.45, 2.75) is 78.4 Å². The largest absolute Gasteiger partial charge is 0.481 e. The van der Waals surface area contributed by atoms with Gasteiger partial charge in [0.15, 0.2) is 0 Å². The molecule has 2 aliphatic rings. The van der Waals surface area contributed by atoms with Crippen molar-refractivity contribution in [3.05, 3.63) is 81.8 Å². The predicted molar refractivity (Wildman–Crippen MR) is 145 cm³/mol. The third kappa shape index (κ3) is 4.94. The summed E-state index contributed by atoms with van der Waals surface area (Å²) in [6.45, 7) is 9.90. The number of ether oxygens (including phenoxy) is 1. The number of pyridine rings is 1. The third-order valence-electron chi connectivity index (χ3n) is 8.37. The Morgan fingerprint density at radius 1 is 1.18 bits per heavy atom. The topological polar surface area (TPSA) is 79.7 Å². The smallest absolute Gasteiger partial charge is 0.307 e. The van der Waals surface area contributed by atoms with Gasteiger partial charge in [0.05, 0.1) is 11.5 Å². The number of halogens is 1. The molecular formula is C32H36FNO4. The maximum Gasteiger partial charge on any atom is 0.307 e. The van der Waals surface area contributed by atoms with Crippen molar-refractivity contribution in [3.63, 3.8) is 0 Å². The van der Waals surface area contributed by atoms with Gasteiger partial charge < -0.3 is 14.9 Å². The van der Waals surface area contributed by atoms with Gasteiger partial charge in [-0.05, 0) is 110 Å². The summed E-state index contributed by atoms with van der Waals surface area (Å²) in [6, 6.07) is 11.4. The van der Waals surface area contributed by atoms with Crippen molar-refractivity contribution < 1.29 is 24.1 Å². The molecule has 2 N–H and O–H groups in total. The molecule has 0 saturated heterocycles. The van der Waals surface area contributed by atoms with Gasteiger partial charge in [-0.2, -0.15) is 0 Å². The van der Waals surface area contributed by atoms with E-state index in [1.165, 1.54) is 11.6 Å². The van der Waals surface area contributed by atoms with Gasteiger partial charge in [0.25, 0.3) is 0 Å². The number of carboxylic acids is 1. The van der Waals surface area contributed by atoms with Crippen LogP contribution < -0.4 is 4.74 Å². The predicted octanol–water partition coefficient (Wildman–Crippen LogP) is 6.54. The number of hydrogen-bond acceptors (Lipinski definition) is 4. The SMILES string of the molecule is Cc1cc(CCCC(C)(C)O)cc(C)c1-c1ccc(F)c(COc2cc3c(cn2)C2C(C(=O)O)C2(C)C3)c1. The number of rotatable bonds is 9. The molecule has 0 spiro atoms. The highest BCUT2D eigenvalue weighted by atomic mass is 19.1. The van der Waals surface area contributed by atoms with Crippen molar-refractivity contribution in [1.29, 1.82) is 0 Å². The van der Waals surface area contributed by atoms with E-state index in [1.807, 2.05) is 39.0 Å². The van der Waals surface area contributed by atoms with Crippen LogP contribution in [0.3, 0.4) is 0 Å². The number of aryl methyl sites for hydroxylation is 3. The lowest BCUT2D eigenvalue weighted by atomic mass is 9.90. The highest BCUT2D eigenvalue weighted by Crippen LogP contribution is 2.71. The molecule has 2 aromatic carbocycles. The van der Waals surface area contributed by atoms with Gasteiger partial charge in [0.2, 0.25) is 5.88 Å². The van der Waals surface area contributed by atoms with Gasteiger partial charge in [-0.25, -0.2) is 9.37 Å². The van der Waals surface area contributed by atoms with Crippen LogP contribution in [-0.4, -0.2) is 26.8 Å². The van der Waals surface area contributed by atoms with E-state index in [0.29, 0.717) is 17.9 Å². The average molecular weight is 518 g/mol. The first-order valence-corrected chi connectivity index (χ1v) is 13.3. The van der Waals surface area contributed by atoms with Crippen molar-refractivity contribution in [2.75, 3.05) is 0 Å². The van der Waals surface area contributed by atoms with E-state index in [4.69, 9.17) is 4.74 Å². The summed E-state index contributed by atoms with van der Waals surface area (Å²) in [6.07, 6.45) is 4.98. The zero-order valence-corrected chi connectivity index (χ0v) is 22.8. The lowest BCUT2D eigenvalue weighted by Crippen LogP contribution is -2.18. The van der Waals surface area contributed by atoms with E-state index < -0.39 is 11.6 Å². The van der Waals surface area contributed by atoms with Gasteiger partial charge in [-0.15, -0.1) is 0 Å². The number of carbonyl (C=O) groups is 1. The molecule has 1 fully saturated rings. The van der Waals surface area contributed by atoms with Crippen molar-refractivity contribution in [1.82, 2.24) is 4.98 Å². The first kappa shape index (κ1) is 26.4. The van der Waals surface area contributed by atoms with Crippen molar-refractivity contribution >= 4 is 5.97 Å². The average Bonchev–Trinajstić information content (AvgIpc) is 3.31. The van der Waals surface area contributed by atoms with E-state index >= 15 is 0 Å². The minimum absolute atomic E-state index is 0.0186. The van der Waals surface area contributed by atoms with Crippen LogP contribution in [-0.2, 0) is 24.2 Å². The van der Waals surface area contributed by atoms with Crippen LogP contribution in [0.15, 0.2) is 42.6 Å². The van der Waals surface area contributed by atoms with E-state index in [1.54, 1.807) is 6.20 Å². The van der Waals surface area contributed by atoms with Gasteiger partial charge in [-0.3, -0.25) is 4.79 Å². The molecular weight excluding hydrogens is 481 g/mol. The van der Waals surface area contributed by atoms with E-state index in [9.17, 15) is 19.4 Å². The van der Waals surface area contributed by atoms with E-state index in [2.05, 4.69) is 31.0 Å². The number of carboxylic acid groups (broad SMARTS) is 1. The number of fused-ring (bicyclic) bond motifs is 3. The molecule has 3 aromatic rings. The van der Waals surface area contributed by atoms with E-state index in [-0.39, 0.29) is 29.7 Å². The molecule has 0 radical (unpaired) electrons. The van der Waals surface area contributed by atoms with Crippen LogP contribution >= 0.6 is 0 Å². The molecule has 5 rings (SSSR count). The lowest BCUT2D eigenvalue weighted by Gasteiger charge is -2.18. The Balaban J connectivity index is 1.30. The second kappa shape index (κ2) is 9.49. The fourth-order valence-electron chi connectivity index (χ4n) is 6.52. The molecule has 6 heteroatoms. The molecule has 200 valence electrons. The van der Waals surface area contributed by atoms with Gasteiger partial charge in [-0.1, -0.05) is 25.1 Å². The third-order valence-corrected chi connectivity index (χ3v) is 8.37. The summed E-state index contributed by atoms with van der Waals surface area (Å²) in [5, 5.41) is 19.5. The van der Waals surface area contributed by atoms with Gasteiger partial charge in [0, 0.05) is 23.7 Å². The maximum absolute atomic E-state index is 14.8. The molecule has 0 aliphatic heterocycles.